The highest BCUT2D eigenvalue weighted by Gasteiger charge is 2.39. The van der Waals surface area contributed by atoms with Crippen LogP contribution in [0.15, 0.2) is 0 Å². The number of amides is 1. The second kappa shape index (κ2) is 6.05. The van der Waals surface area contributed by atoms with Crippen LogP contribution in [-0.2, 0) is 4.79 Å². The minimum absolute atomic E-state index is 0.0703. The summed E-state index contributed by atoms with van der Waals surface area (Å²) in [5, 5.41) is 3.38. The molecule has 0 radical (unpaired) electrons. The maximum atomic E-state index is 12.9. The number of hydrogen-bond acceptors (Lipinski definition) is 2. The molecular weight excluding hydrogens is 224 g/mol. The summed E-state index contributed by atoms with van der Waals surface area (Å²) in [6.07, 6.45) is 8.19. The van der Waals surface area contributed by atoms with E-state index in [1.165, 1.54) is 19.3 Å². The third-order valence-corrected chi connectivity index (χ3v) is 4.82. The van der Waals surface area contributed by atoms with Crippen molar-refractivity contribution in [2.45, 2.75) is 64.8 Å². The number of nitrogens with one attached hydrogen (secondary N) is 1. The average molecular weight is 252 g/mol. The number of nitrogens with zero attached hydrogens (tertiary/aromatic N) is 1. The van der Waals surface area contributed by atoms with E-state index >= 15 is 0 Å². The lowest BCUT2D eigenvalue weighted by Crippen LogP contribution is -2.51. The topological polar surface area (TPSA) is 32.3 Å². The Balaban J connectivity index is 2.03. The van der Waals surface area contributed by atoms with Crippen LogP contribution >= 0.6 is 0 Å². The first-order valence-corrected chi connectivity index (χ1v) is 7.69. The molecule has 0 aromatic heterocycles. The summed E-state index contributed by atoms with van der Waals surface area (Å²) in [5.74, 6) is 0.427. The lowest BCUT2D eigenvalue weighted by molar-refractivity contribution is -0.145. The van der Waals surface area contributed by atoms with E-state index < -0.39 is 0 Å². The van der Waals surface area contributed by atoms with Gasteiger partial charge in [0.1, 0.15) is 0 Å². The number of rotatable bonds is 3. The molecule has 0 bridgehead atoms. The molecule has 3 nitrogen and oxygen atoms in total. The van der Waals surface area contributed by atoms with Crippen molar-refractivity contribution in [2.75, 3.05) is 19.6 Å². The van der Waals surface area contributed by atoms with E-state index in [0.717, 1.165) is 45.3 Å². The quantitative estimate of drug-likeness (QED) is 0.837. The average Bonchev–Trinajstić information content (AvgIpc) is 2.41. The Morgan fingerprint density at radius 2 is 1.83 bits per heavy atom. The van der Waals surface area contributed by atoms with E-state index in [4.69, 9.17) is 0 Å². The Morgan fingerprint density at radius 3 is 2.39 bits per heavy atom. The van der Waals surface area contributed by atoms with Crippen molar-refractivity contribution < 1.29 is 4.79 Å². The first-order valence-electron chi connectivity index (χ1n) is 7.69. The summed E-state index contributed by atoms with van der Waals surface area (Å²) in [5.41, 5.74) is -0.0703. The Kier molecular flexibility index (Phi) is 4.66. The summed E-state index contributed by atoms with van der Waals surface area (Å²) in [6.45, 7) is 7.32. The minimum atomic E-state index is -0.0703. The normalized spacial score (nSPS) is 24.8. The van der Waals surface area contributed by atoms with Crippen LogP contribution in [-0.4, -0.2) is 36.5 Å². The summed E-state index contributed by atoms with van der Waals surface area (Å²) < 4.78 is 0. The molecule has 1 saturated heterocycles. The monoisotopic (exact) mass is 252 g/mol. The fourth-order valence-electron chi connectivity index (χ4n) is 3.58. The molecule has 0 unspecified atom stereocenters. The van der Waals surface area contributed by atoms with Crippen LogP contribution in [0.5, 0.6) is 0 Å². The largest absolute Gasteiger partial charge is 0.339 e. The Labute approximate surface area is 111 Å². The highest BCUT2D eigenvalue weighted by atomic mass is 16.2. The van der Waals surface area contributed by atoms with Gasteiger partial charge in [0.25, 0.3) is 0 Å². The van der Waals surface area contributed by atoms with Crippen molar-refractivity contribution in [1.29, 1.82) is 0 Å². The molecule has 1 heterocycles. The molecule has 0 aromatic rings. The first-order chi connectivity index (χ1) is 8.67. The van der Waals surface area contributed by atoms with Crippen LogP contribution < -0.4 is 5.32 Å². The summed E-state index contributed by atoms with van der Waals surface area (Å²) >= 11 is 0. The van der Waals surface area contributed by atoms with Gasteiger partial charge in [-0.3, -0.25) is 4.79 Å². The summed E-state index contributed by atoms with van der Waals surface area (Å²) in [4.78, 5) is 15.0. The number of carbonyl (C=O) groups is 1. The van der Waals surface area contributed by atoms with E-state index in [2.05, 4.69) is 24.1 Å². The highest BCUT2D eigenvalue weighted by Crippen LogP contribution is 2.38. The molecule has 104 valence electrons. The van der Waals surface area contributed by atoms with Gasteiger partial charge in [0.05, 0.1) is 0 Å². The van der Waals surface area contributed by atoms with Crippen molar-refractivity contribution in [1.82, 2.24) is 10.2 Å². The summed E-state index contributed by atoms with van der Waals surface area (Å²) in [6, 6.07) is 0.475. The van der Waals surface area contributed by atoms with E-state index in [0.29, 0.717) is 11.9 Å². The highest BCUT2D eigenvalue weighted by molar-refractivity contribution is 5.82. The predicted molar refractivity (Wildman–Crippen MR) is 74.5 cm³/mol. The van der Waals surface area contributed by atoms with Gasteiger partial charge in [0.2, 0.25) is 5.91 Å². The molecule has 2 aliphatic rings. The predicted octanol–water partition coefficient (Wildman–Crippen LogP) is 2.56. The second-order valence-corrected chi connectivity index (χ2v) is 6.19. The maximum Gasteiger partial charge on any atom is 0.228 e. The molecule has 2 fully saturated rings. The number of piperidine rings is 1. The molecule has 2 rings (SSSR count). The second-order valence-electron chi connectivity index (χ2n) is 6.19. The van der Waals surface area contributed by atoms with Gasteiger partial charge in [-0.15, -0.1) is 0 Å². The zero-order chi connectivity index (χ0) is 13.0. The fraction of sp³-hybridized carbons (Fsp3) is 0.933. The van der Waals surface area contributed by atoms with E-state index in [1.807, 2.05) is 0 Å². The fourth-order valence-corrected chi connectivity index (χ4v) is 3.58. The first kappa shape index (κ1) is 13.9. The van der Waals surface area contributed by atoms with Crippen LogP contribution in [0, 0.1) is 5.41 Å². The zero-order valence-corrected chi connectivity index (χ0v) is 12.0. The van der Waals surface area contributed by atoms with Crippen LogP contribution in [0.1, 0.15) is 58.8 Å². The molecular formula is C15H28N2O. The number of carbonyl (C=O) groups excluding carboxylic acids is 1. The Bertz CT molecular complexity index is 278. The van der Waals surface area contributed by atoms with Gasteiger partial charge in [0, 0.05) is 18.0 Å². The third-order valence-electron chi connectivity index (χ3n) is 4.82. The van der Waals surface area contributed by atoms with E-state index in [9.17, 15) is 4.79 Å². The molecule has 18 heavy (non-hydrogen) atoms. The zero-order valence-electron chi connectivity index (χ0n) is 12.0. The lowest BCUT2D eigenvalue weighted by Gasteiger charge is -2.41. The van der Waals surface area contributed by atoms with Gasteiger partial charge in [-0.1, -0.05) is 26.2 Å². The van der Waals surface area contributed by atoms with E-state index in [1.54, 1.807) is 0 Å². The van der Waals surface area contributed by atoms with Gasteiger partial charge in [0.15, 0.2) is 0 Å². The lowest BCUT2D eigenvalue weighted by atomic mass is 9.74. The Morgan fingerprint density at radius 1 is 1.22 bits per heavy atom. The smallest absolute Gasteiger partial charge is 0.228 e. The molecule has 1 aliphatic carbocycles. The molecule has 0 atom stereocenters. The molecule has 0 aromatic carbocycles. The van der Waals surface area contributed by atoms with Crippen molar-refractivity contribution in [3.8, 4) is 0 Å². The van der Waals surface area contributed by atoms with Crippen molar-refractivity contribution >= 4 is 5.91 Å². The third kappa shape index (κ3) is 2.87. The van der Waals surface area contributed by atoms with Crippen molar-refractivity contribution in [2.24, 2.45) is 5.41 Å². The standard InChI is InChI=1S/C15H28N2O/c1-3-17(13-7-11-16-12-8-13)14(18)15(2)9-5-4-6-10-15/h13,16H,3-12H2,1-2H3. The molecule has 0 spiro atoms. The van der Waals surface area contributed by atoms with Crippen LogP contribution in [0.4, 0.5) is 0 Å². The van der Waals surface area contributed by atoms with Gasteiger partial charge in [-0.05, 0) is 45.7 Å². The van der Waals surface area contributed by atoms with Crippen LogP contribution in [0.25, 0.3) is 0 Å². The SMILES string of the molecule is CCN(C(=O)C1(C)CCCCC1)C1CCNCC1. The van der Waals surface area contributed by atoms with Crippen molar-refractivity contribution in [3.63, 3.8) is 0 Å². The van der Waals surface area contributed by atoms with Gasteiger partial charge >= 0.3 is 0 Å². The number of hydrogen-bond donors (Lipinski definition) is 1. The van der Waals surface area contributed by atoms with Gasteiger partial charge in [-0.25, -0.2) is 0 Å². The van der Waals surface area contributed by atoms with Gasteiger partial charge in [-0.2, -0.15) is 0 Å². The van der Waals surface area contributed by atoms with Crippen LogP contribution in [0.2, 0.25) is 0 Å². The van der Waals surface area contributed by atoms with Crippen LogP contribution in [0.3, 0.4) is 0 Å². The molecule has 1 aliphatic heterocycles. The summed E-state index contributed by atoms with van der Waals surface area (Å²) in [7, 11) is 0. The molecule has 1 saturated carbocycles. The molecule has 1 amide bonds. The Hall–Kier alpha value is -0.570. The maximum absolute atomic E-state index is 12.9. The van der Waals surface area contributed by atoms with Gasteiger partial charge < -0.3 is 10.2 Å². The molecule has 3 heteroatoms. The van der Waals surface area contributed by atoms with E-state index in [-0.39, 0.29) is 5.41 Å². The van der Waals surface area contributed by atoms with Crippen molar-refractivity contribution in [3.05, 3.63) is 0 Å². The minimum Gasteiger partial charge on any atom is -0.339 e. The molecule has 1 N–H and O–H groups in total.